The summed E-state index contributed by atoms with van der Waals surface area (Å²) in [6, 6.07) is 18.6. The molecule has 32 heavy (non-hydrogen) atoms. The number of nitrogens with zero attached hydrogens (tertiary/aromatic N) is 3. The van der Waals surface area contributed by atoms with E-state index in [0.29, 0.717) is 6.54 Å². The molecule has 6 heteroatoms. The Bertz CT molecular complexity index is 963. The molecule has 0 radical (unpaired) electrons. The second-order valence-corrected chi connectivity index (χ2v) is 8.29. The van der Waals surface area contributed by atoms with Gasteiger partial charge in [0.25, 0.3) is 0 Å². The van der Waals surface area contributed by atoms with Crippen LogP contribution in [0.4, 0.5) is 10.5 Å². The molecule has 0 aliphatic carbocycles. The monoisotopic (exact) mass is 431 g/mol. The van der Waals surface area contributed by atoms with Crippen molar-refractivity contribution in [2.75, 3.05) is 38.0 Å². The molecule has 0 atom stereocenters. The molecule has 6 nitrogen and oxygen atoms in total. The van der Waals surface area contributed by atoms with Crippen molar-refractivity contribution in [3.05, 3.63) is 71.8 Å². The van der Waals surface area contributed by atoms with Crippen LogP contribution in [0.1, 0.15) is 37.3 Å². The van der Waals surface area contributed by atoms with Gasteiger partial charge in [0.15, 0.2) is 5.96 Å². The summed E-state index contributed by atoms with van der Waals surface area (Å²) in [4.78, 5) is 21.4. The summed E-state index contributed by atoms with van der Waals surface area (Å²) in [5.74, 6) is 0.933. The number of likely N-dealkylation sites (tertiary alicyclic amines) is 1. The maximum absolute atomic E-state index is 12.4. The van der Waals surface area contributed by atoms with E-state index in [9.17, 15) is 4.79 Å². The summed E-state index contributed by atoms with van der Waals surface area (Å²) in [7, 11) is 0. The van der Waals surface area contributed by atoms with Crippen LogP contribution in [0.5, 0.6) is 0 Å². The van der Waals surface area contributed by atoms with Crippen molar-refractivity contribution < 1.29 is 4.79 Å². The van der Waals surface area contributed by atoms with Crippen LogP contribution in [-0.2, 0) is 6.54 Å². The van der Waals surface area contributed by atoms with Gasteiger partial charge in [0.05, 0.1) is 6.54 Å². The first-order valence-electron chi connectivity index (χ1n) is 11.7. The lowest BCUT2D eigenvalue weighted by Crippen LogP contribution is -2.43. The first-order chi connectivity index (χ1) is 15.7. The molecule has 1 saturated heterocycles. The Labute approximate surface area is 191 Å². The minimum absolute atomic E-state index is 0.00851. The standard InChI is InChI=1S/C26H33N5O/c1-2-27-25(30-17-13-23(14-18-30)22-10-4-3-5-11-22)28-20-21-9-8-12-24(19-21)29-26(32)31-15-6-7-16-31/h3-5,8-13,19H,2,6-7,14-18,20H2,1H3,(H,27,28)(H,29,32). The number of rotatable bonds is 5. The number of urea groups is 1. The van der Waals surface area contributed by atoms with E-state index < -0.39 is 0 Å². The van der Waals surface area contributed by atoms with Gasteiger partial charge in [-0.2, -0.15) is 0 Å². The van der Waals surface area contributed by atoms with E-state index in [4.69, 9.17) is 4.99 Å². The molecular weight excluding hydrogens is 398 g/mol. The van der Waals surface area contributed by atoms with Gasteiger partial charge in [-0.05, 0) is 55.0 Å². The van der Waals surface area contributed by atoms with Crippen LogP contribution in [0.2, 0.25) is 0 Å². The molecule has 0 unspecified atom stereocenters. The highest BCUT2D eigenvalue weighted by molar-refractivity contribution is 5.89. The van der Waals surface area contributed by atoms with Gasteiger partial charge in [0.1, 0.15) is 0 Å². The molecule has 2 aliphatic heterocycles. The van der Waals surface area contributed by atoms with Crippen LogP contribution < -0.4 is 10.6 Å². The van der Waals surface area contributed by atoms with Gasteiger partial charge in [-0.25, -0.2) is 9.79 Å². The van der Waals surface area contributed by atoms with Crippen molar-refractivity contribution in [3.63, 3.8) is 0 Å². The largest absolute Gasteiger partial charge is 0.356 e. The molecule has 4 rings (SSSR count). The number of benzene rings is 2. The summed E-state index contributed by atoms with van der Waals surface area (Å²) in [6.07, 6.45) is 5.49. The fourth-order valence-corrected chi connectivity index (χ4v) is 4.24. The van der Waals surface area contributed by atoms with Crippen LogP contribution >= 0.6 is 0 Å². The van der Waals surface area contributed by atoms with Crippen molar-refractivity contribution in [1.29, 1.82) is 0 Å². The maximum Gasteiger partial charge on any atom is 0.321 e. The third-order valence-corrected chi connectivity index (χ3v) is 5.97. The van der Waals surface area contributed by atoms with Gasteiger partial charge in [0, 0.05) is 38.4 Å². The fourth-order valence-electron chi connectivity index (χ4n) is 4.24. The first kappa shape index (κ1) is 21.9. The second-order valence-electron chi connectivity index (χ2n) is 8.29. The molecule has 0 aromatic heterocycles. The number of carbonyl (C=O) groups excluding carboxylic acids is 1. The molecule has 2 aromatic rings. The first-order valence-corrected chi connectivity index (χ1v) is 11.7. The Morgan fingerprint density at radius 2 is 1.81 bits per heavy atom. The zero-order valence-electron chi connectivity index (χ0n) is 18.9. The number of anilines is 1. The molecule has 0 saturated carbocycles. The third-order valence-electron chi connectivity index (χ3n) is 5.97. The number of hydrogen-bond donors (Lipinski definition) is 2. The predicted molar refractivity (Wildman–Crippen MR) is 132 cm³/mol. The SMILES string of the molecule is CCNC(=NCc1cccc(NC(=O)N2CCCC2)c1)N1CC=C(c2ccccc2)CC1. The van der Waals surface area contributed by atoms with Crippen LogP contribution in [-0.4, -0.2) is 54.5 Å². The lowest BCUT2D eigenvalue weighted by Gasteiger charge is -2.30. The average Bonchev–Trinajstić information content (AvgIpc) is 3.38. The summed E-state index contributed by atoms with van der Waals surface area (Å²) in [5, 5.41) is 6.46. The van der Waals surface area contributed by atoms with Gasteiger partial charge in [-0.3, -0.25) is 0 Å². The number of carbonyl (C=O) groups is 1. The van der Waals surface area contributed by atoms with Crippen molar-refractivity contribution >= 4 is 23.3 Å². The molecule has 2 N–H and O–H groups in total. The van der Waals surface area contributed by atoms with Gasteiger partial charge in [-0.15, -0.1) is 0 Å². The molecular formula is C26H33N5O. The van der Waals surface area contributed by atoms with Crippen LogP contribution in [0.15, 0.2) is 65.7 Å². The number of nitrogens with one attached hydrogen (secondary N) is 2. The topological polar surface area (TPSA) is 60.0 Å². The van der Waals surface area contributed by atoms with E-state index in [1.165, 1.54) is 11.1 Å². The normalized spacial score (nSPS) is 16.7. The number of amides is 2. The number of aliphatic imine (C=N–C) groups is 1. The van der Waals surface area contributed by atoms with E-state index in [2.05, 4.69) is 64.9 Å². The minimum atomic E-state index is -0.00851. The van der Waals surface area contributed by atoms with E-state index >= 15 is 0 Å². The lowest BCUT2D eigenvalue weighted by atomic mass is 10.00. The van der Waals surface area contributed by atoms with Crippen molar-refractivity contribution in [2.45, 2.75) is 32.7 Å². The maximum atomic E-state index is 12.4. The third kappa shape index (κ3) is 5.69. The van der Waals surface area contributed by atoms with Crippen LogP contribution in [0.25, 0.3) is 5.57 Å². The predicted octanol–water partition coefficient (Wildman–Crippen LogP) is 4.57. The highest BCUT2D eigenvalue weighted by Gasteiger charge is 2.18. The highest BCUT2D eigenvalue weighted by atomic mass is 16.2. The Hall–Kier alpha value is -3.28. The lowest BCUT2D eigenvalue weighted by molar-refractivity contribution is 0.222. The zero-order valence-corrected chi connectivity index (χ0v) is 18.9. The number of hydrogen-bond acceptors (Lipinski definition) is 2. The molecule has 2 aromatic carbocycles. The number of guanidine groups is 1. The quantitative estimate of drug-likeness (QED) is 0.539. The molecule has 2 heterocycles. The molecule has 1 fully saturated rings. The second kappa shape index (κ2) is 10.8. The minimum Gasteiger partial charge on any atom is -0.356 e. The average molecular weight is 432 g/mol. The van der Waals surface area contributed by atoms with Gasteiger partial charge < -0.3 is 20.4 Å². The summed E-state index contributed by atoms with van der Waals surface area (Å²) in [6.45, 7) is 6.98. The summed E-state index contributed by atoms with van der Waals surface area (Å²) < 4.78 is 0. The van der Waals surface area contributed by atoms with E-state index in [0.717, 1.165) is 69.2 Å². The zero-order chi connectivity index (χ0) is 22.2. The molecule has 168 valence electrons. The van der Waals surface area contributed by atoms with Crippen molar-refractivity contribution in [2.24, 2.45) is 4.99 Å². The van der Waals surface area contributed by atoms with Crippen molar-refractivity contribution in [1.82, 2.24) is 15.1 Å². The van der Waals surface area contributed by atoms with E-state index in [-0.39, 0.29) is 6.03 Å². The van der Waals surface area contributed by atoms with Crippen LogP contribution in [0, 0.1) is 0 Å². The fraction of sp³-hybridized carbons (Fsp3) is 0.385. The molecule has 0 spiro atoms. The Morgan fingerprint density at radius 1 is 1.00 bits per heavy atom. The van der Waals surface area contributed by atoms with Crippen molar-refractivity contribution in [3.8, 4) is 0 Å². The van der Waals surface area contributed by atoms with Crippen LogP contribution in [0.3, 0.4) is 0 Å². The highest BCUT2D eigenvalue weighted by Crippen LogP contribution is 2.22. The summed E-state index contributed by atoms with van der Waals surface area (Å²) >= 11 is 0. The molecule has 2 aliphatic rings. The van der Waals surface area contributed by atoms with E-state index in [1.54, 1.807) is 0 Å². The Balaban J connectivity index is 1.39. The smallest absolute Gasteiger partial charge is 0.321 e. The van der Waals surface area contributed by atoms with Gasteiger partial charge in [0.2, 0.25) is 0 Å². The molecule has 2 amide bonds. The molecule has 0 bridgehead atoms. The Kier molecular flexibility index (Phi) is 7.43. The Morgan fingerprint density at radius 3 is 2.53 bits per heavy atom. The summed E-state index contributed by atoms with van der Waals surface area (Å²) in [5.41, 5.74) is 4.62. The van der Waals surface area contributed by atoms with E-state index in [1.807, 2.05) is 23.1 Å². The van der Waals surface area contributed by atoms with Gasteiger partial charge in [-0.1, -0.05) is 48.5 Å². The van der Waals surface area contributed by atoms with Gasteiger partial charge >= 0.3 is 6.03 Å².